The fraction of sp³-hybridized carbons (Fsp3) is 0.417. The number of nitrogens with zero attached hydrogens (tertiary/aromatic N) is 4. The quantitative estimate of drug-likeness (QED) is 0.861. The van der Waals surface area contributed by atoms with Crippen molar-refractivity contribution in [3.8, 4) is 11.5 Å². The first-order chi connectivity index (χ1) is 8.19. The molecule has 2 heterocycles. The molecule has 0 aliphatic rings. The second-order valence-corrected chi connectivity index (χ2v) is 3.98. The predicted molar refractivity (Wildman–Crippen MR) is 66.4 cm³/mol. The van der Waals surface area contributed by atoms with Crippen molar-refractivity contribution in [1.82, 2.24) is 25.1 Å². The predicted octanol–water partition coefficient (Wildman–Crippen LogP) is 1.30. The van der Waals surface area contributed by atoms with Crippen LogP contribution in [0.25, 0.3) is 11.5 Å². The molecule has 90 valence electrons. The normalized spacial score (nSPS) is 10.8. The molecular weight excluding hydrogens is 214 g/mol. The van der Waals surface area contributed by atoms with Crippen molar-refractivity contribution in [3.63, 3.8) is 0 Å². The van der Waals surface area contributed by atoms with Crippen LogP contribution in [0.4, 0.5) is 0 Å². The van der Waals surface area contributed by atoms with E-state index in [1.54, 1.807) is 4.68 Å². The van der Waals surface area contributed by atoms with Gasteiger partial charge in [0.25, 0.3) is 0 Å². The molecule has 0 saturated carbocycles. The van der Waals surface area contributed by atoms with Crippen molar-refractivity contribution in [1.29, 1.82) is 0 Å². The van der Waals surface area contributed by atoms with Gasteiger partial charge in [-0.2, -0.15) is 5.10 Å². The molecule has 0 radical (unpaired) electrons. The van der Waals surface area contributed by atoms with Crippen LogP contribution in [0.15, 0.2) is 18.3 Å². The summed E-state index contributed by atoms with van der Waals surface area (Å²) in [7, 11) is 1.89. The highest BCUT2D eigenvalue weighted by atomic mass is 15.3. The second-order valence-electron chi connectivity index (χ2n) is 3.98. The maximum atomic E-state index is 4.51. The van der Waals surface area contributed by atoms with E-state index >= 15 is 0 Å². The first-order valence-corrected chi connectivity index (χ1v) is 5.74. The molecule has 0 bridgehead atoms. The molecule has 2 aromatic heterocycles. The first kappa shape index (κ1) is 11.7. The van der Waals surface area contributed by atoms with E-state index in [-0.39, 0.29) is 0 Å². The minimum Gasteiger partial charge on any atom is -0.311 e. The molecule has 0 amide bonds. The zero-order valence-electron chi connectivity index (χ0n) is 10.4. The van der Waals surface area contributed by atoms with Crippen molar-refractivity contribution in [2.75, 3.05) is 6.54 Å². The van der Waals surface area contributed by atoms with Gasteiger partial charge in [0, 0.05) is 25.5 Å². The molecule has 0 spiro atoms. The second kappa shape index (κ2) is 5.05. The summed E-state index contributed by atoms with van der Waals surface area (Å²) in [6.07, 6.45) is 1.89. The maximum absolute atomic E-state index is 4.51. The van der Waals surface area contributed by atoms with E-state index in [0.717, 1.165) is 30.2 Å². The Morgan fingerprint density at radius 2 is 2.18 bits per heavy atom. The largest absolute Gasteiger partial charge is 0.311 e. The van der Waals surface area contributed by atoms with Gasteiger partial charge in [-0.15, -0.1) is 0 Å². The Labute approximate surface area is 101 Å². The summed E-state index contributed by atoms with van der Waals surface area (Å²) in [5, 5.41) is 7.57. The Morgan fingerprint density at radius 3 is 2.82 bits per heavy atom. The summed E-state index contributed by atoms with van der Waals surface area (Å²) in [6, 6.07) is 3.92. The summed E-state index contributed by atoms with van der Waals surface area (Å²) in [4.78, 5) is 8.92. The lowest BCUT2D eigenvalue weighted by Crippen LogP contribution is -2.13. The van der Waals surface area contributed by atoms with Crippen LogP contribution in [0.2, 0.25) is 0 Å². The minimum absolute atomic E-state index is 0.693. The number of aryl methyl sites for hydroxylation is 2. The van der Waals surface area contributed by atoms with Crippen molar-refractivity contribution in [2.24, 2.45) is 7.05 Å². The van der Waals surface area contributed by atoms with E-state index in [0.29, 0.717) is 5.82 Å². The lowest BCUT2D eigenvalue weighted by atomic mass is 10.3. The number of aromatic nitrogens is 4. The Hall–Kier alpha value is -1.75. The van der Waals surface area contributed by atoms with Gasteiger partial charge in [0.1, 0.15) is 5.69 Å². The average molecular weight is 231 g/mol. The maximum Gasteiger partial charge on any atom is 0.180 e. The third-order valence-electron chi connectivity index (χ3n) is 2.41. The van der Waals surface area contributed by atoms with Crippen LogP contribution >= 0.6 is 0 Å². The molecule has 5 heteroatoms. The lowest BCUT2D eigenvalue weighted by molar-refractivity contribution is 0.707. The van der Waals surface area contributed by atoms with Crippen molar-refractivity contribution < 1.29 is 0 Å². The molecule has 2 aromatic rings. The van der Waals surface area contributed by atoms with Crippen molar-refractivity contribution >= 4 is 0 Å². The summed E-state index contributed by atoms with van der Waals surface area (Å²) in [5.74, 6) is 0.693. The van der Waals surface area contributed by atoms with Gasteiger partial charge in [-0.25, -0.2) is 9.97 Å². The van der Waals surface area contributed by atoms with E-state index in [4.69, 9.17) is 0 Å². The Bertz CT molecular complexity index is 503. The van der Waals surface area contributed by atoms with Gasteiger partial charge in [0.15, 0.2) is 5.82 Å². The number of hydrogen-bond donors (Lipinski definition) is 1. The van der Waals surface area contributed by atoms with E-state index in [2.05, 4.69) is 27.3 Å². The molecule has 0 fully saturated rings. The minimum atomic E-state index is 0.693. The van der Waals surface area contributed by atoms with Crippen LogP contribution in [0.1, 0.15) is 18.3 Å². The smallest absolute Gasteiger partial charge is 0.180 e. The van der Waals surface area contributed by atoms with Gasteiger partial charge in [-0.3, -0.25) is 4.68 Å². The molecule has 0 aromatic carbocycles. The first-order valence-electron chi connectivity index (χ1n) is 5.74. The zero-order chi connectivity index (χ0) is 12.3. The molecule has 0 unspecified atom stereocenters. The topological polar surface area (TPSA) is 55.6 Å². The molecule has 0 atom stereocenters. The molecule has 17 heavy (non-hydrogen) atoms. The number of rotatable bonds is 4. The van der Waals surface area contributed by atoms with Gasteiger partial charge < -0.3 is 5.32 Å². The monoisotopic (exact) mass is 231 g/mol. The Morgan fingerprint density at radius 1 is 1.35 bits per heavy atom. The molecule has 2 rings (SSSR count). The lowest BCUT2D eigenvalue weighted by Gasteiger charge is -2.04. The number of hydrogen-bond acceptors (Lipinski definition) is 4. The van der Waals surface area contributed by atoms with Crippen LogP contribution < -0.4 is 5.32 Å². The number of nitrogens with one attached hydrogen (secondary N) is 1. The standard InChI is InChI=1S/C12H17N5/c1-4-13-8-10-7-9(2)14-12(15-10)11-5-6-17(3)16-11/h5-7,13H,4,8H2,1-3H3. The molecular formula is C12H17N5. The summed E-state index contributed by atoms with van der Waals surface area (Å²) >= 11 is 0. The van der Waals surface area contributed by atoms with E-state index in [1.807, 2.05) is 32.3 Å². The molecule has 1 N–H and O–H groups in total. The molecule has 0 aliphatic heterocycles. The van der Waals surface area contributed by atoms with Crippen LogP contribution in [0, 0.1) is 6.92 Å². The van der Waals surface area contributed by atoms with Crippen LogP contribution in [-0.2, 0) is 13.6 Å². The highest BCUT2D eigenvalue weighted by Gasteiger charge is 2.07. The van der Waals surface area contributed by atoms with Gasteiger partial charge in [0.2, 0.25) is 0 Å². The van der Waals surface area contributed by atoms with Crippen molar-refractivity contribution in [2.45, 2.75) is 20.4 Å². The fourth-order valence-corrected chi connectivity index (χ4v) is 1.63. The van der Waals surface area contributed by atoms with Crippen LogP contribution in [0.3, 0.4) is 0 Å². The van der Waals surface area contributed by atoms with Gasteiger partial charge in [-0.1, -0.05) is 6.92 Å². The SMILES string of the molecule is CCNCc1cc(C)nc(-c2ccn(C)n2)n1. The van der Waals surface area contributed by atoms with E-state index in [9.17, 15) is 0 Å². The van der Waals surface area contributed by atoms with Gasteiger partial charge >= 0.3 is 0 Å². The summed E-state index contributed by atoms with van der Waals surface area (Å²) < 4.78 is 1.75. The fourth-order valence-electron chi connectivity index (χ4n) is 1.63. The Kier molecular flexibility index (Phi) is 3.49. The molecule has 0 aliphatic carbocycles. The highest BCUT2D eigenvalue weighted by molar-refractivity contribution is 5.48. The third kappa shape index (κ3) is 2.88. The van der Waals surface area contributed by atoms with Gasteiger partial charge in [0.05, 0.1) is 5.69 Å². The van der Waals surface area contributed by atoms with Gasteiger partial charge in [-0.05, 0) is 25.6 Å². The van der Waals surface area contributed by atoms with E-state index < -0.39 is 0 Å². The third-order valence-corrected chi connectivity index (χ3v) is 2.41. The summed E-state index contributed by atoms with van der Waals surface area (Å²) in [6.45, 7) is 5.75. The molecule has 0 saturated heterocycles. The van der Waals surface area contributed by atoms with Crippen LogP contribution in [-0.4, -0.2) is 26.3 Å². The van der Waals surface area contributed by atoms with Crippen LogP contribution in [0.5, 0.6) is 0 Å². The zero-order valence-corrected chi connectivity index (χ0v) is 10.4. The highest BCUT2D eigenvalue weighted by Crippen LogP contribution is 2.12. The summed E-state index contributed by atoms with van der Waals surface area (Å²) in [5.41, 5.74) is 2.78. The van der Waals surface area contributed by atoms with E-state index in [1.165, 1.54) is 0 Å². The Balaban J connectivity index is 2.31. The average Bonchev–Trinajstić information content (AvgIpc) is 2.72. The van der Waals surface area contributed by atoms with Crippen molar-refractivity contribution in [3.05, 3.63) is 29.7 Å². The molecule has 5 nitrogen and oxygen atoms in total.